The molecule has 5 aromatic rings. The number of morpholine rings is 1. The molecule has 1 saturated carbocycles. The van der Waals surface area contributed by atoms with E-state index in [0.717, 1.165) is 63.1 Å². The number of nitrogens with zero attached hydrogens (tertiary/aromatic N) is 11. The molecule has 1 N–H and O–H groups in total. The molecule has 0 spiro atoms. The summed E-state index contributed by atoms with van der Waals surface area (Å²) in [5.41, 5.74) is 2.56. The predicted molar refractivity (Wildman–Crippen MR) is 166 cm³/mol. The number of benzene rings is 1. The Bertz CT molecular complexity index is 1770. The molecule has 0 bridgehead atoms. The highest BCUT2D eigenvalue weighted by molar-refractivity contribution is 5.67. The van der Waals surface area contributed by atoms with Gasteiger partial charge in [0.1, 0.15) is 36.2 Å². The molecule has 2 fully saturated rings. The first-order valence-corrected chi connectivity index (χ1v) is 15.6. The molecule has 16 heteroatoms. The molecule has 1 aliphatic carbocycles. The standard InChI is InChI=1S/C31H34N12O4/c1-21(18-42-20-36-39-40-42)46-28-14-22(2-3-23(28)15-32)24-16-34-30(35-17-24)37-27-19-43(38-29(27)47-31-33-8-11-45-31)26-6-4-25(5-7-26)41-9-12-44-13-10-41/h2-3,8,11,14,16-17,19-21,25-26H,4-7,9-10,12-13,18H2,1H3,(H,34,35,37). The van der Waals surface area contributed by atoms with E-state index < -0.39 is 0 Å². The van der Waals surface area contributed by atoms with Crippen LogP contribution in [0.25, 0.3) is 11.1 Å². The van der Waals surface area contributed by atoms with Crippen molar-refractivity contribution in [1.29, 1.82) is 5.26 Å². The third-order valence-corrected chi connectivity index (χ3v) is 8.39. The maximum Gasteiger partial charge on any atom is 0.400 e. The van der Waals surface area contributed by atoms with E-state index in [1.54, 1.807) is 29.2 Å². The van der Waals surface area contributed by atoms with Crippen molar-refractivity contribution < 1.29 is 18.6 Å². The van der Waals surface area contributed by atoms with E-state index in [2.05, 4.69) is 46.8 Å². The van der Waals surface area contributed by atoms with Crippen LogP contribution >= 0.6 is 0 Å². The lowest BCUT2D eigenvalue weighted by molar-refractivity contribution is 0.00503. The Labute approximate surface area is 270 Å². The SMILES string of the molecule is CC(Cn1cnnn1)Oc1cc(-c2cnc(Nc3cn(C4CCC(N5CCOCC5)CC4)nc3Oc3ncco3)nc2)ccc1C#N. The van der Waals surface area contributed by atoms with Crippen molar-refractivity contribution in [3.8, 4) is 34.9 Å². The number of aromatic nitrogens is 9. The summed E-state index contributed by atoms with van der Waals surface area (Å²) >= 11 is 0. The molecule has 1 saturated heterocycles. The summed E-state index contributed by atoms with van der Waals surface area (Å²) in [5.74, 6) is 1.13. The van der Waals surface area contributed by atoms with Crippen LogP contribution in [0.15, 0.2) is 60.0 Å². The van der Waals surface area contributed by atoms with Crippen molar-refractivity contribution >= 4 is 11.6 Å². The minimum Gasteiger partial charge on any atom is -0.487 e. The van der Waals surface area contributed by atoms with Gasteiger partial charge in [-0.1, -0.05) is 6.07 Å². The summed E-state index contributed by atoms with van der Waals surface area (Å²) in [5, 5.41) is 28.8. The molecule has 1 aliphatic heterocycles. The fourth-order valence-electron chi connectivity index (χ4n) is 6.03. The highest BCUT2D eigenvalue weighted by atomic mass is 16.6. The number of hydrogen-bond donors (Lipinski definition) is 1. The van der Waals surface area contributed by atoms with Crippen LogP contribution < -0.4 is 14.8 Å². The minimum absolute atomic E-state index is 0.0942. The number of hydrogen-bond acceptors (Lipinski definition) is 14. The van der Waals surface area contributed by atoms with Gasteiger partial charge in [-0.15, -0.1) is 10.2 Å². The van der Waals surface area contributed by atoms with E-state index in [1.807, 2.05) is 23.9 Å². The third kappa shape index (κ3) is 7.21. The molecular formula is C31H34N12O4. The molecule has 242 valence electrons. The van der Waals surface area contributed by atoms with Gasteiger partial charge in [-0.3, -0.25) is 9.58 Å². The summed E-state index contributed by atoms with van der Waals surface area (Å²) in [4.78, 5) is 15.8. The van der Waals surface area contributed by atoms with E-state index in [9.17, 15) is 5.26 Å². The van der Waals surface area contributed by atoms with Crippen molar-refractivity contribution in [3.05, 3.63) is 61.1 Å². The molecule has 1 atom stereocenters. The summed E-state index contributed by atoms with van der Waals surface area (Å²) in [6.07, 6.45) is 13.9. The van der Waals surface area contributed by atoms with Gasteiger partial charge in [-0.05, 0) is 60.7 Å². The van der Waals surface area contributed by atoms with Crippen molar-refractivity contribution in [2.24, 2.45) is 0 Å². The first-order valence-electron chi connectivity index (χ1n) is 15.6. The molecule has 16 nitrogen and oxygen atoms in total. The van der Waals surface area contributed by atoms with Crippen LogP contribution in [0.1, 0.15) is 44.2 Å². The van der Waals surface area contributed by atoms with Crippen LogP contribution in [-0.2, 0) is 11.3 Å². The van der Waals surface area contributed by atoms with Gasteiger partial charge in [0.05, 0.1) is 43.8 Å². The van der Waals surface area contributed by atoms with E-state index in [-0.39, 0.29) is 18.2 Å². The Kier molecular flexibility index (Phi) is 8.97. The second kappa shape index (κ2) is 13.9. The number of anilines is 2. The van der Waals surface area contributed by atoms with Crippen LogP contribution in [0.4, 0.5) is 11.6 Å². The lowest BCUT2D eigenvalue weighted by Gasteiger charge is -2.38. The molecule has 5 heterocycles. The van der Waals surface area contributed by atoms with Crippen molar-refractivity contribution in [2.75, 3.05) is 31.6 Å². The van der Waals surface area contributed by atoms with Gasteiger partial charge in [0.25, 0.3) is 5.88 Å². The van der Waals surface area contributed by atoms with Crippen LogP contribution in [0.2, 0.25) is 0 Å². The highest BCUT2D eigenvalue weighted by Gasteiger charge is 2.29. The van der Waals surface area contributed by atoms with Crippen molar-refractivity contribution in [3.63, 3.8) is 0 Å². The first kappa shape index (κ1) is 30.3. The monoisotopic (exact) mass is 638 g/mol. The third-order valence-electron chi connectivity index (χ3n) is 8.39. The second-order valence-corrected chi connectivity index (χ2v) is 11.5. The smallest absolute Gasteiger partial charge is 0.400 e. The second-order valence-electron chi connectivity index (χ2n) is 11.5. The number of ether oxygens (including phenoxy) is 3. The zero-order chi connectivity index (χ0) is 32.0. The van der Waals surface area contributed by atoms with E-state index in [0.29, 0.717) is 41.4 Å². The van der Waals surface area contributed by atoms with Crippen LogP contribution in [0.3, 0.4) is 0 Å². The lowest BCUT2D eigenvalue weighted by atomic mass is 9.90. The largest absolute Gasteiger partial charge is 0.487 e. The van der Waals surface area contributed by atoms with Crippen LogP contribution in [0.5, 0.6) is 17.7 Å². The van der Waals surface area contributed by atoms with Gasteiger partial charge in [-0.25, -0.2) is 14.6 Å². The maximum atomic E-state index is 9.65. The minimum atomic E-state index is -0.280. The molecule has 4 aromatic heterocycles. The molecule has 47 heavy (non-hydrogen) atoms. The lowest BCUT2D eigenvalue weighted by Crippen LogP contribution is -2.45. The fraction of sp³-hybridized carbons (Fsp3) is 0.419. The Morgan fingerprint density at radius 3 is 2.60 bits per heavy atom. The quantitative estimate of drug-likeness (QED) is 0.219. The van der Waals surface area contributed by atoms with E-state index in [1.165, 1.54) is 18.8 Å². The normalized spacial score (nSPS) is 19.1. The molecule has 0 amide bonds. The highest BCUT2D eigenvalue weighted by Crippen LogP contribution is 2.36. The van der Waals surface area contributed by atoms with Gasteiger partial charge >= 0.3 is 6.08 Å². The maximum absolute atomic E-state index is 9.65. The summed E-state index contributed by atoms with van der Waals surface area (Å²) in [7, 11) is 0. The summed E-state index contributed by atoms with van der Waals surface area (Å²) in [6.45, 7) is 5.94. The number of rotatable bonds is 11. The summed E-state index contributed by atoms with van der Waals surface area (Å²) in [6, 6.07) is 8.37. The number of nitrogens with one attached hydrogen (secondary N) is 1. The van der Waals surface area contributed by atoms with Crippen LogP contribution in [-0.4, -0.2) is 88.3 Å². The van der Waals surface area contributed by atoms with E-state index >= 15 is 0 Å². The number of nitriles is 1. The molecule has 2 aliphatic rings. The molecule has 1 aromatic carbocycles. The van der Waals surface area contributed by atoms with Gasteiger partial charge in [0, 0.05) is 37.1 Å². The number of tetrazole rings is 1. The zero-order valence-electron chi connectivity index (χ0n) is 25.8. The van der Waals surface area contributed by atoms with E-state index in [4.69, 9.17) is 23.7 Å². The molecule has 0 radical (unpaired) electrons. The fourth-order valence-corrected chi connectivity index (χ4v) is 6.03. The summed E-state index contributed by atoms with van der Waals surface area (Å²) < 4.78 is 26.4. The predicted octanol–water partition coefficient (Wildman–Crippen LogP) is 4.01. The average Bonchev–Trinajstić information content (AvgIpc) is 3.90. The number of oxazole rings is 1. The topological polar surface area (TPSA) is 180 Å². The first-order chi connectivity index (χ1) is 23.1. The van der Waals surface area contributed by atoms with Gasteiger partial charge < -0.3 is 23.9 Å². The molecular weight excluding hydrogens is 604 g/mol. The zero-order valence-corrected chi connectivity index (χ0v) is 25.8. The Balaban J connectivity index is 1.05. The van der Waals surface area contributed by atoms with Gasteiger partial charge in [0.15, 0.2) is 0 Å². The van der Waals surface area contributed by atoms with Crippen molar-refractivity contribution in [2.45, 2.75) is 57.3 Å². The Morgan fingerprint density at radius 2 is 1.87 bits per heavy atom. The Morgan fingerprint density at radius 1 is 1.06 bits per heavy atom. The van der Waals surface area contributed by atoms with Crippen molar-refractivity contribution in [1.82, 2.24) is 49.8 Å². The molecule has 7 rings (SSSR count). The Hall–Kier alpha value is -5.40. The molecule has 1 unspecified atom stereocenters. The van der Waals surface area contributed by atoms with Gasteiger partial charge in [-0.2, -0.15) is 10.2 Å². The van der Waals surface area contributed by atoms with Gasteiger partial charge in [0.2, 0.25) is 5.95 Å². The average molecular weight is 639 g/mol. The van der Waals surface area contributed by atoms with Crippen LogP contribution in [0, 0.1) is 11.3 Å².